The molecule has 0 aliphatic rings. The maximum absolute atomic E-state index is 13.8. The summed E-state index contributed by atoms with van der Waals surface area (Å²) in [5, 5.41) is 10.4. The molecular formula is C18H22FNO. The molecule has 2 aromatic carbocycles. The van der Waals surface area contributed by atoms with Gasteiger partial charge in [0, 0.05) is 30.8 Å². The predicted octanol–water partition coefficient (Wildman–Crippen LogP) is 3.94. The summed E-state index contributed by atoms with van der Waals surface area (Å²) < 4.78 is 13.8. The van der Waals surface area contributed by atoms with Crippen molar-refractivity contribution in [3.8, 4) is 0 Å². The van der Waals surface area contributed by atoms with Gasteiger partial charge in [0.1, 0.15) is 5.82 Å². The number of nitrogens with zero attached hydrogens (tertiary/aromatic N) is 1. The summed E-state index contributed by atoms with van der Waals surface area (Å²) in [5.74, 6) is -0.429. The Balaban J connectivity index is 2.09. The van der Waals surface area contributed by atoms with Gasteiger partial charge in [-0.15, -0.1) is 0 Å². The molecule has 0 saturated carbocycles. The summed E-state index contributed by atoms with van der Waals surface area (Å²) in [7, 11) is 1.99. The highest BCUT2D eigenvalue weighted by molar-refractivity contribution is 5.52. The van der Waals surface area contributed by atoms with Crippen molar-refractivity contribution in [1.29, 1.82) is 0 Å². The lowest BCUT2D eigenvalue weighted by Gasteiger charge is -2.28. The maximum Gasteiger partial charge on any atom is 0.129 e. The van der Waals surface area contributed by atoms with Gasteiger partial charge in [0.25, 0.3) is 0 Å². The first kappa shape index (κ1) is 15.5. The minimum Gasteiger partial charge on any atom is -0.388 e. The molecule has 0 aliphatic heterocycles. The second kappa shape index (κ2) is 6.72. The lowest BCUT2D eigenvalue weighted by atomic mass is 9.96. The summed E-state index contributed by atoms with van der Waals surface area (Å²) in [5.41, 5.74) is 2.68. The molecule has 2 atom stereocenters. The molecule has 21 heavy (non-hydrogen) atoms. The first-order valence-corrected chi connectivity index (χ1v) is 7.20. The summed E-state index contributed by atoms with van der Waals surface area (Å²) in [6.45, 7) is 4.65. The third-order valence-corrected chi connectivity index (χ3v) is 3.85. The second-order valence-corrected chi connectivity index (χ2v) is 5.61. The van der Waals surface area contributed by atoms with Gasteiger partial charge in [0.05, 0.1) is 6.10 Å². The predicted molar refractivity (Wildman–Crippen MR) is 85.0 cm³/mol. The molecule has 0 radical (unpaired) electrons. The molecule has 2 unspecified atom stereocenters. The van der Waals surface area contributed by atoms with E-state index in [1.807, 2.05) is 26.1 Å². The molecule has 0 aliphatic carbocycles. The second-order valence-electron chi connectivity index (χ2n) is 5.61. The average Bonchev–Trinajstić information content (AvgIpc) is 2.47. The topological polar surface area (TPSA) is 23.5 Å². The number of benzene rings is 2. The van der Waals surface area contributed by atoms with Crippen LogP contribution in [0.1, 0.15) is 24.2 Å². The molecule has 1 N–H and O–H groups in total. The third-order valence-electron chi connectivity index (χ3n) is 3.85. The number of hydrogen-bond acceptors (Lipinski definition) is 2. The minimum absolute atomic E-state index is 0.0773. The van der Waals surface area contributed by atoms with Crippen LogP contribution < -0.4 is 4.90 Å². The van der Waals surface area contributed by atoms with Crippen molar-refractivity contribution >= 4 is 5.69 Å². The Morgan fingerprint density at radius 3 is 2.38 bits per heavy atom. The van der Waals surface area contributed by atoms with Gasteiger partial charge >= 0.3 is 0 Å². The fourth-order valence-electron chi connectivity index (χ4n) is 2.64. The Bertz CT molecular complexity index is 599. The molecule has 3 heteroatoms. The highest BCUT2D eigenvalue weighted by Crippen LogP contribution is 2.26. The Morgan fingerprint density at radius 1 is 1.10 bits per heavy atom. The van der Waals surface area contributed by atoms with Gasteiger partial charge in [-0.2, -0.15) is 0 Å². The fraction of sp³-hybridized carbons (Fsp3) is 0.333. The van der Waals surface area contributed by atoms with Crippen molar-refractivity contribution in [1.82, 2.24) is 0 Å². The quantitative estimate of drug-likeness (QED) is 0.900. The van der Waals surface area contributed by atoms with Crippen LogP contribution in [-0.2, 0) is 0 Å². The molecule has 112 valence electrons. The summed E-state index contributed by atoms with van der Waals surface area (Å²) in [4.78, 5) is 2.10. The normalized spacial score (nSPS) is 13.8. The van der Waals surface area contributed by atoms with Crippen molar-refractivity contribution in [2.75, 3.05) is 18.5 Å². The SMILES string of the molecule is Cc1ccccc1N(C)CC(C)C(O)c1ccccc1F. The van der Waals surface area contributed by atoms with E-state index in [4.69, 9.17) is 0 Å². The molecule has 0 spiro atoms. The van der Waals surface area contributed by atoms with Crippen LogP contribution in [0, 0.1) is 18.7 Å². The van der Waals surface area contributed by atoms with E-state index >= 15 is 0 Å². The van der Waals surface area contributed by atoms with Crippen molar-refractivity contribution in [2.24, 2.45) is 5.92 Å². The highest BCUT2D eigenvalue weighted by atomic mass is 19.1. The van der Waals surface area contributed by atoms with E-state index in [0.29, 0.717) is 12.1 Å². The Labute approximate surface area is 125 Å². The van der Waals surface area contributed by atoms with Gasteiger partial charge in [-0.1, -0.05) is 43.3 Å². The number of aliphatic hydroxyl groups is 1. The number of hydrogen-bond donors (Lipinski definition) is 1. The van der Waals surface area contributed by atoms with Crippen molar-refractivity contribution in [3.05, 3.63) is 65.5 Å². The van der Waals surface area contributed by atoms with Crippen LogP contribution in [-0.4, -0.2) is 18.7 Å². The molecule has 0 aromatic heterocycles. The zero-order valence-corrected chi connectivity index (χ0v) is 12.8. The summed E-state index contributed by atoms with van der Waals surface area (Å²) in [6, 6.07) is 14.5. The lowest BCUT2D eigenvalue weighted by Crippen LogP contribution is -2.28. The van der Waals surface area contributed by atoms with Gasteiger partial charge in [0.15, 0.2) is 0 Å². The molecule has 2 rings (SSSR count). The number of rotatable bonds is 5. The Kier molecular flexibility index (Phi) is 4.97. The van der Waals surface area contributed by atoms with Crippen LogP contribution in [0.15, 0.2) is 48.5 Å². The van der Waals surface area contributed by atoms with Gasteiger partial charge in [-0.25, -0.2) is 4.39 Å². The van der Waals surface area contributed by atoms with E-state index in [0.717, 1.165) is 5.69 Å². The molecule has 0 fully saturated rings. The van der Waals surface area contributed by atoms with E-state index in [1.165, 1.54) is 11.6 Å². The molecule has 0 bridgehead atoms. The first-order valence-electron chi connectivity index (χ1n) is 7.20. The van der Waals surface area contributed by atoms with E-state index < -0.39 is 6.10 Å². The van der Waals surface area contributed by atoms with E-state index in [2.05, 4.69) is 24.0 Å². The smallest absolute Gasteiger partial charge is 0.129 e. The Morgan fingerprint density at radius 2 is 1.71 bits per heavy atom. The standard InChI is InChI=1S/C18H22FNO/c1-13-8-4-7-11-17(13)20(3)12-14(2)18(21)15-9-5-6-10-16(15)19/h4-11,14,18,21H,12H2,1-3H3. The zero-order valence-electron chi connectivity index (χ0n) is 12.8. The van der Waals surface area contributed by atoms with Crippen LogP contribution in [0.2, 0.25) is 0 Å². The monoisotopic (exact) mass is 287 g/mol. The van der Waals surface area contributed by atoms with E-state index in [1.54, 1.807) is 18.2 Å². The van der Waals surface area contributed by atoms with Crippen molar-refractivity contribution < 1.29 is 9.50 Å². The van der Waals surface area contributed by atoms with Crippen LogP contribution in [0.5, 0.6) is 0 Å². The Hall–Kier alpha value is -1.87. The van der Waals surface area contributed by atoms with Gasteiger partial charge < -0.3 is 10.0 Å². The minimum atomic E-state index is -0.808. The molecule has 0 saturated heterocycles. The number of anilines is 1. The maximum atomic E-state index is 13.8. The molecular weight excluding hydrogens is 265 g/mol. The van der Waals surface area contributed by atoms with Crippen LogP contribution in [0.25, 0.3) is 0 Å². The molecule has 0 amide bonds. The van der Waals surface area contributed by atoms with Gasteiger partial charge in [-0.05, 0) is 24.6 Å². The average molecular weight is 287 g/mol. The van der Waals surface area contributed by atoms with Gasteiger partial charge in [0.2, 0.25) is 0 Å². The summed E-state index contributed by atoms with van der Waals surface area (Å²) >= 11 is 0. The van der Waals surface area contributed by atoms with Gasteiger partial charge in [-0.3, -0.25) is 0 Å². The molecule has 2 nitrogen and oxygen atoms in total. The van der Waals surface area contributed by atoms with Crippen LogP contribution in [0.3, 0.4) is 0 Å². The molecule has 0 heterocycles. The molecule has 2 aromatic rings. The largest absolute Gasteiger partial charge is 0.388 e. The van der Waals surface area contributed by atoms with Crippen molar-refractivity contribution in [3.63, 3.8) is 0 Å². The number of aliphatic hydroxyl groups excluding tert-OH is 1. The number of halogens is 1. The number of aryl methyl sites for hydroxylation is 1. The van der Waals surface area contributed by atoms with Crippen LogP contribution >= 0.6 is 0 Å². The lowest BCUT2D eigenvalue weighted by molar-refractivity contribution is 0.117. The highest BCUT2D eigenvalue weighted by Gasteiger charge is 2.21. The first-order chi connectivity index (χ1) is 10.0. The van der Waals surface area contributed by atoms with E-state index in [-0.39, 0.29) is 11.7 Å². The number of para-hydroxylation sites is 1. The van der Waals surface area contributed by atoms with Crippen LogP contribution in [0.4, 0.5) is 10.1 Å². The van der Waals surface area contributed by atoms with E-state index in [9.17, 15) is 9.50 Å². The third kappa shape index (κ3) is 3.61. The zero-order chi connectivity index (χ0) is 15.4. The summed E-state index contributed by atoms with van der Waals surface area (Å²) in [6.07, 6.45) is -0.808. The fourth-order valence-corrected chi connectivity index (χ4v) is 2.64. The van der Waals surface area contributed by atoms with Crippen molar-refractivity contribution in [2.45, 2.75) is 20.0 Å².